The van der Waals surface area contributed by atoms with Gasteiger partial charge in [0.25, 0.3) is 0 Å². The van der Waals surface area contributed by atoms with Gasteiger partial charge in [-0.2, -0.15) is 0 Å². The van der Waals surface area contributed by atoms with E-state index in [1.54, 1.807) is 7.11 Å². The number of para-hydroxylation sites is 1. The third kappa shape index (κ3) is 3.35. The standard InChI is InChI=1S/C17H23NO4/c1-20-15-5-2-4-14-11-18(7-3-8-22-17(14)15)16(19)10-13-6-9-21-12-13/h2,4-5,13H,3,6-12H2,1H3/t13-/m0/s1. The van der Waals surface area contributed by atoms with Crippen LogP contribution in [0.15, 0.2) is 18.2 Å². The number of carbonyl (C=O) groups excluding carboxylic acids is 1. The average molecular weight is 305 g/mol. The highest BCUT2D eigenvalue weighted by Crippen LogP contribution is 2.33. The first-order valence-electron chi connectivity index (χ1n) is 7.92. The van der Waals surface area contributed by atoms with Crippen LogP contribution < -0.4 is 9.47 Å². The van der Waals surface area contributed by atoms with E-state index < -0.39 is 0 Å². The highest BCUT2D eigenvalue weighted by molar-refractivity contribution is 5.76. The van der Waals surface area contributed by atoms with Crippen molar-refractivity contribution in [3.63, 3.8) is 0 Å². The van der Waals surface area contributed by atoms with Crippen molar-refractivity contribution in [2.24, 2.45) is 5.92 Å². The first-order chi connectivity index (χ1) is 10.8. The minimum absolute atomic E-state index is 0.214. The summed E-state index contributed by atoms with van der Waals surface area (Å²) in [7, 11) is 1.64. The molecule has 1 aromatic carbocycles. The molecule has 2 heterocycles. The lowest BCUT2D eigenvalue weighted by Crippen LogP contribution is -2.34. The van der Waals surface area contributed by atoms with Gasteiger partial charge in [0.1, 0.15) is 0 Å². The lowest BCUT2D eigenvalue weighted by Gasteiger charge is -2.28. The topological polar surface area (TPSA) is 48.0 Å². The maximum Gasteiger partial charge on any atom is 0.223 e. The number of fused-ring (bicyclic) bond motifs is 1. The molecule has 120 valence electrons. The SMILES string of the molecule is COc1cccc2c1OCCCN(C(=O)C[C@@H]1CCOC1)C2. The summed E-state index contributed by atoms with van der Waals surface area (Å²) in [4.78, 5) is 14.5. The van der Waals surface area contributed by atoms with Gasteiger partial charge in [0, 0.05) is 38.3 Å². The van der Waals surface area contributed by atoms with Gasteiger partial charge >= 0.3 is 0 Å². The summed E-state index contributed by atoms with van der Waals surface area (Å²) in [5.74, 6) is 2.09. The molecule has 0 spiro atoms. The average Bonchev–Trinajstić information content (AvgIpc) is 3.00. The van der Waals surface area contributed by atoms with Gasteiger partial charge in [-0.3, -0.25) is 4.79 Å². The van der Waals surface area contributed by atoms with Crippen LogP contribution in [0.4, 0.5) is 0 Å². The Hall–Kier alpha value is -1.75. The number of rotatable bonds is 3. The Balaban J connectivity index is 1.74. The van der Waals surface area contributed by atoms with Crippen molar-refractivity contribution in [3.8, 4) is 11.5 Å². The lowest BCUT2D eigenvalue weighted by molar-refractivity contribution is -0.133. The lowest BCUT2D eigenvalue weighted by atomic mass is 10.0. The van der Waals surface area contributed by atoms with Gasteiger partial charge < -0.3 is 19.1 Å². The van der Waals surface area contributed by atoms with Gasteiger partial charge in [0.05, 0.1) is 13.7 Å². The van der Waals surface area contributed by atoms with Gasteiger partial charge in [-0.25, -0.2) is 0 Å². The van der Waals surface area contributed by atoms with Crippen molar-refractivity contribution in [3.05, 3.63) is 23.8 Å². The third-order valence-electron chi connectivity index (χ3n) is 4.30. The summed E-state index contributed by atoms with van der Waals surface area (Å²) in [6.45, 7) is 3.42. The first kappa shape index (κ1) is 15.2. The molecule has 0 aromatic heterocycles. The smallest absolute Gasteiger partial charge is 0.223 e. The van der Waals surface area contributed by atoms with Crippen molar-refractivity contribution in [2.75, 3.05) is 33.5 Å². The Bertz CT molecular complexity index is 525. The van der Waals surface area contributed by atoms with Crippen LogP contribution in [0.25, 0.3) is 0 Å². The van der Waals surface area contributed by atoms with Crippen LogP contribution in [0.2, 0.25) is 0 Å². The Morgan fingerprint density at radius 1 is 1.41 bits per heavy atom. The zero-order chi connectivity index (χ0) is 15.4. The highest BCUT2D eigenvalue weighted by Gasteiger charge is 2.25. The van der Waals surface area contributed by atoms with Gasteiger partial charge in [-0.15, -0.1) is 0 Å². The van der Waals surface area contributed by atoms with Gasteiger partial charge in [-0.05, 0) is 24.8 Å². The molecular weight excluding hydrogens is 282 g/mol. The minimum Gasteiger partial charge on any atom is -0.493 e. The fourth-order valence-electron chi connectivity index (χ4n) is 3.06. The van der Waals surface area contributed by atoms with Crippen molar-refractivity contribution in [2.45, 2.75) is 25.8 Å². The van der Waals surface area contributed by atoms with Crippen LogP contribution in [0, 0.1) is 5.92 Å². The summed E-state index contributed by atoms with van der Waals surface area (Å²) in [5.41, 5.74) is 1.01. The van der Waals surface area contributed by atoms with Crippen molar-refractivity contribution < 1.29 is 19.0 Å². The van der Waals surface area contributed by atoms with Crippen LogP contribution in [0.3, 0.4) is 0 Å². The molecule has 0 saturated carbocycles. The van der Waals surface area contributed by atoms with Crippen LogP contribution in [0.5, 0.6) is 11.5 Å². The molecule has 1 atom stereocenters. The fourth-order valence-corrected chi connectivity index (χ4v) is 3.06. The second kappa shape index (κ2) is 7.01. The molecule has 0 unspecified atom stereocenters. The maximum absolute atomic E-state index is 12.6. The Kier molecular flexibility index (Phi) is 4.83. The molecule has 0 aliphatic carbocycles. The van der Waals surface area contributed by atoms with E-state index in [1.807, 2.05) is 23.1 Å². The summed E-state index contributed by atoms with van der Waals surface area (Å²) in [6.07, 6.45) is 2.41. The molecule has 0 bridgehead atoms. The number of methoxy groups -OCH3 is 1. The monoisotopic (exact) mass is 305 g/mol. The van der Waals surface area contributed by atoms with Crippen molar-refractivity contribution >= 4 is 5.91 Å². The van der Waals surface area contributed by atoms with E-state index in [-0.39, 0.29) is 5.91 Å². The Labute approximate surface area is 131 Å². The molecule has 2 aliphatic rings. The van der Waals surface area contributed by atoms with Crippen LogP contribution in [-0.4, -0.2) is 44.3 Å². The highest BCUT2D eigenvalue weighted by atomic mass is 16.5. The summed E-state index contributed by atoms with van der Waals surface area (Å²) in [6, 6.07) is 5.83. The second-order valence-electron chi connectivity index (χ2n) is 5.90. The minimum atomic E-state index is 0.214. The van der Waals surface area contributed by atoms with E-state index in [4.69, 9.17) is 14.2 Å². The maximum atomic E-state index is 12.6. The molecule has 0 radical (unpaired) electrons. The number of nitrogens with zero attached hydrogens (tertiary/aromatic N) is 1. The van der Waals surface area contributed by atoms with E-state index in [0.717, 1.165) is 43.1 Å². The number of hydrogen-bond acceptors (Lipinski definition) is 4. The zero-order valence-corrected chi connectivity index (χ0v) is 13.0. The van der Waals surface area contributed by atoms with Gasteiger partial charge in [0.2, 0.25) is 5.91 Å². The van der Waals surface area contributed by atoms with E-state index in [1.165, 1.54) is 0 Å². The largest absolute Gasteiger partial charge is 0.493 e. The molecule has 0 N–H and O–H groups in total. The third-order valence-corrected chi connectivity index (χ3v) is 4.30. The zero-order valence-electron chi connectivity index (χ0n) is 13.0. The van der Waals surface area contributed by atoms with Gasteiger partial charge in [0.15, 0.2) is 11.5 Å². The quantitative estimate of drug-likeness (QED) is 0.859. The van der Waals surface area contributed by atoms with Crippen molar-refractivity contribution in [1.29, 1.82) is 0 Å². The molecule has 3 rings (SSSR count). The molecule has 5 nitrogen and oxygen atoms in total. The molecule has 22 heavy (non-hydrogen) atoms. The van der Waals surface area contributed by atoms with E-state index in [2.05, 4.69) is 0 Å². The van der Waals surface area contributed by atoms with Crippen molar-refractivity contribution in [1.82, 2.24) is 4.90 Å². The Morgan fingerprint density at radius 2 is 2.32 bits per heavy atom. The van der Waals surface area contributed by atoms with E-state index in [0.29, 0.717) is 32.1 Å². The first-order valence-corrected chi connectivity index (χ1v) is 7.92. The fraction of sp³-hybridized carbons (Fsp3) is 0.588. The molecule has 1 aromatic rings. The number of benzene rings is 1. The molecule has 2 aliphatic heterocycles. The van der Waals surface area contributed by atoms with Gasteiger partial charge in [-0.1, -0.05) is 12.1 Å². The summed E-state index contributed by atoms with van der Waals surface area (Å²) in [5, 5.41) is 0. The Morgan fingerprint density at radius 3 is 3.09 bits per heavy atom. The van der Waals surface area contributed by atoms with E-state index >= 15 is 0 Å². The summed E-state index contributed by atoms with van der Waals surface area (Å²) >= 11 is 0. The normalized spacial score (nSPS) is 21.5. The molecule has 1 fully saturated rings. The number of carbonyl (C=O) groups is 1. The molecular formula is C17H23NO4. The number of ether oxygens (including phenoxy) is 3. The predicted octanol–water partition coefficient (Wildman–Crippen LogP) is 2.23. The van der Waals surface area contributed by atoms with E-state index in [9.17, 15) is 4.79 Å². The van der Waals surface area contributed by atoms with Crippen LogP contribution >= 0.6 is 0 Å². The number of hydrogen-bond donors (Lipinski definition) is 0. The summed E-state index contributed by atoms with van der Waals surface area (Å²) < 4.78 is 16.6. The van der Waals surface area contributed by atoms with Crippen LogP contribution in [0.1, 0.15) is 24.8 Å². The van der Waals surface area contributed by atoms with Crippen LogP contribution in [-0.2, 0) is 16.1 Å². The number of amides is 1. The molecule has 5 heteroatoms. The predicted molar refractivity (Wildman–Crippen MR) is 82.1 cm³/mol. The second-order valence-corrected chi connectivity index (χ2v) is 5.90. The molecule has 1 saturated heterocycles. The molecule has 1 amide bonds.